The van der Waals surface area contributed by atoms with Gasteiger partial charge in [-0.15, -0.1) is 0 Å². The van der Waals surface area contributed by atoms with Crippen LogP contribution in [0.1, 0.15) is 17.4 Å². The number of hydrogen-bond acceptors (Lipinski definition) is 6. The Kier molecular flexibility index (Phi) is 4.51. The molecule has 1 aromatic heterocycles. The zero-order chi connectivity index (χ0) is 16.3. The molecule has 2 rings (SSSR count). The van der Waals surface area contributed by atoms with Gasteiger partial charge in [-0.3, -0.25) is 0 Å². The first kappa shape index (κ1) is 16.0. The van der Waals surface area contributed by atoms with E-state index in [1.807, 2.05) is 0 Å². The van der Waals surface area contributed by atoms with Crippen LogP contribution in [0.3, 0.4) is 0 Å². The van der Waals surface area contributed by atoms with Crippen molar-refractivity contribution < 1.29 is 22.7 Å². The molecule has 0 bridgehead atoms. The summed E-state index contributed by atoms with van der Waals surface area (Å²) in [6.45, 7) is 1.85. The van der Waals surface area contributed by atoms with Crippen molar-refractivity contribution in [2.45, 2.75) is 11.9 Å². The van der Waals surface area contributed by atoms with Gasteiger partial charge in [-0.2, -0.15) is 5.10 Å². The van der Waals surface area contributed by atoms with E-state index in [0.29, 0.717) is 11.4 Å². The molecule has 0 atom stereocenters. The lowest BCUT2D eigenvalue weighted by Gasteiger charge is -2.07. The second kappa shape index (κ2) is 6.18. The van der Waals surface area contributed by atoms with Crippen molar-refractivity contribution >= 4 is 15.8 Å². The third kappa shape index (κ3) is 3.28. The van der Waals surface area contributed by atoms with E-state index in [-0.39, 0.29) is 17.3 Å². The van der Waals surface area contributed by atoms with Crippen LogP contribution in [0, 0.1) is 0 Å². The van der Waals surface area contributed by atoms with Crippen molar-refractivity contribution in [2.24, 2.45) is 0 Å². The van der Waals surface area contributed by atoms with E-state index >= 15 is 0 Å². The van der Waals surface area contributed by atoms with Crippen LogP contribution in [0.25, 0.3) is 5.69 Å². The monoisotopic (exact) mass is 324 g/mol. The van der Waals surface area contributed by atoms with Gasteiger partial charge in [-0.25, -0.2) is 17.9 Å². The SMILES string of the molecule is CCOC(=O)c1cc(S(C)(=O)=O)nn1-c1ccc(OC)cc1. The molecule has 0 saturated carbocycles. The normalized spacial score (nSPS) is 11.2. The van der Waals surface area contributed by atoms with Crippen LogP contribution in [0.5, 0.6) is 5.75 Å². The highest BCUT2D eigenvalue weighted by Crippen LogP contribution is 2.19. The summed E-state index contributed by atoms with van der Waals surface area (Å²) in [6, 6.07) is 7.91. The van der Waals surface area contributed by atoms with Crippen LogP contribution >= 0.6 is 0 Å². The number of methoxy groups -OCH3 is 1. The summed E-state index contributed by atoms with van der Waals surface area (Å²) in [5.74, 6) is -0.00218. The Morgan fingerprint density at radius 3 is 2.41 bits per heavy atom. The molecule has 0 unspecified atom stereocenters. The zero-order valence-electron chi connectivity index (χ0n) is 12.4. The fraction of sp³-hybridized carbons (Fsp3) is 0.286. The number of ether oxygens (including phenoxy) is 2. The molecule has 0 fully saturated rings. The average molecular weight is 324 g/mol. The maximum Gasteiger partial charge on any atom is 0.357 e. The van der Waals surface area contributed by atoms with E-state index in [1.165, 1.54) is 17.9 Å². The Morgan fingerprint density at radius 1 is 1.27 bits per heavy atom. The smallest absolute Gasteiger partial charge is 0.357 e. The van der Waals surface area contributed by atoms with Crippen molar-refractivity contribution in [1.29, 1.82) is 0 Å². The first-order valence-electron chi connectivity index (χ1n) is 6.48. The first-order valence-corrected chi connectivity index (χ1v) is 8.37. The molecule has 0 aliphatic rings. The van der Waals surface area contributed by atoms with E-state index in [2.05, 4.69) is 5.10 Å². The number of nitrogens with zero attached hydrogens (tertiary/aromatic N) is 2. The largest absolute Gasteiger partial charge is 0.497 e. The first-order chi connectivity index (χ1) is 10.4. The van der Waals surface area contributed by atoms with Crippen LogP contribution in [0.4, 0.5) is 0 Å². The Morgan fingerprint density at radius 2 is 1.91 bits per heavy atom. The second-order valence-electron chi connectivity index (χ2n) is 4.47. The number of aromatic nitrogens is 2. The molecule has 1 heterocycles. The van der Waals surface area contributed by atoms with Crippen molar-refractivity contribution in [1.82, 2.24) is 9.78 Å². The lowest BCUT2D eigenvalue weighted by molar-refractivity contribution is 0.0515. The van der Waals surface area contributed by atoms with E-state index in [9.17, 15) is 13.2 Å². The molecule has 118 valence electrons. The van der Waals surface area contributed by atoms with E-state index in [1.54, 1.807) is 31.2 Å². The fourth-order valence-corrected chi connectivity index (χ4v) is 2.37. The molecular weight excluding hydrogens is 308 g/mol. The summed E-state index contributed by atoms with van der Waals surface area (Å²) in [4.78, 5) is 12.0. The molecular formula is C14H16N2O5S. The third-order valence-electron chi connectivity index (χ3n) is 2.87. The highest BCUT2D eigenvalue weighted by atomic mass is 32.2. The molecule has 0 saturated heterocycles. The quantitative estimate of drug-likeness (QED) is 0.774. The fourth-order valence-electron chi connectivity index (χ4n) is 1.81. The number of benzene rings is 1. The maximum atomic E-state index is 12.0. The molecule has 0 aliphatic heterocycles. The minimum atomic E-state index is -3.54. The Bertz CT molecular complexity index is 778. The highest BCUT2D eigenvalue weighted by molar-refractivity contribution is 7.90. The summed E-state index contributed by atoms with van der Waals surface area (Å²) in [5.41, 5.74) is 0.575. The van der Waals surface area contributed by atoms with Crippen molar-refractivity contribution in [3.05, 3.63) is 36.0 Å². The van der Waals surface area contributed by atoms with Crippen LogP contribution in [-0.4, -0.2) is 44.1 Å². The lowest BCUT2D eigenvalue weighted by atomic mass is 10.3. The molecule has 22 heavy (non-hydrogen) atoms. The van der Waals surface area contributed by atoms with E-state index in [4.69, 9.17) is 9.47 Å². The number of rotatable bonds is 5. The molecule has 0 amide bonds. The summed E-state index contributed by atoms with van der Waals surface area (Å²) >= 11 is 0. The minimum Gasteiger partial charge on any atom is -0.497 e. The minimum absolute atomic E-state index is 0.0486. The standard InChI is InChI=1S/C14H16N2O5S/c1-4-21-14(17)12-9-13(22(3,18)19)15-16(12)10-5-7-11(20-2)8-6-10/h5-9H,4H2,1-3H3. The Labute approximate surface area is 128 Å². The van der Waals surface area contributed by atoms with Crippen LogP contribution < -0.4 is 4.74 Å². The lowest BCUT2D eigenvalue weighted by Crippen LogP contribution is -2.12. The molecule has 0 spiro atoms. The number of hydrogen-bond donors (Lipinski definition) is 0. The summed E-state index contributed by atoms with van der Waals surface area (Å²) in [7, 11) is -2.00. The van der Waals surface area contributed by atoms with Gasteiger partial charge in [0.1, 0.15) is 5.75 Å². The van der Waals surface area contributed by atoms with Gasteiger partial charge < -0.3 is 9.47 Å². The average Bonchev–Trinajstić information content (AvgIpc) is 2.93. The molecule has 2 aromatic rings. The van der Waals surface area contributed by atoms with Crippen LogP contribution in [0.2, 0.25) is 0 Å². The molecule has 8 heteroatoms. The van der Waals surface area contributed by atoms with Gasteiger partial charge in [0.15, 0.2) is 20.6 Å². The van der Waals surface area contributed by atoms with Gasteiger partial charge in [0.05, 0.1) is 19.4 Å². The number of sulfone groups is 1. The van der Waals surface area contributed by atoms with E-state index < -0.39 is 15.8 Å². The number of carbonyl (C=O) groups is 1. The topological polar surface area (TPSA) is 87.5 Å². The Hall–Kier alpha value is -2.35. The van der Waals surface area contributed by atoms with Gasteiger partial charge in [0.2, 0.25) is 0 Å². The predicted molar refractivity (Wildman–Crippen MR) is 79.2 cm³/mol. The molecule has 0 radical (unpaired) electrons. The molecule has 7 nitrogen and oxygen atoms in total. The van der Waals surface area contributed by atoms with E-state index in [0.717, 1.165) is 6.26 Å². The van der Waals surface area contributed by atoms with Crippen molar-refractivity contribution in [2.75, 3.05) is 20.0 Å². The zero-order valence-corrected chi connectivity index (χ0v) is 13.3. The molecule has 0 aliphatic carbocycles. The van der Waals surface area contributed by atoms with Gasteiger partial charge in [-0.05, 0) is 31.2 Å². The van der Waals surface area contributed by atoms with Crippen molar-refractivity contribution in [3.63, 3.8) is 0 Å². The van der Waals surface area contributed by atoms with Crippen molar-refractivity contribution in [3.8, 4) is 11.4 Å². The summed E-state index contributed by atoms with van der Waals surface area (Å²) in [6.07, 6.45) is 1.03. The van der Waals surface area contributed by atoms with Crippen LogP contribution in [-0.2, 0) is 14.6 Å². The predicted octanol–water partition coefficient (Wildman–Crippen LogP) is 1.46. The van der Waals surface area contributed by atoms with Gasteiger partial charge in [0, 0.05) is 12.3 Å². The Balaban J connectivity index is 2.56. The highest BCUT2D eigenvalue weighted by Gasteiger charge is 2.22. The number of carbonyl (C=O) groups excluding carboxylic acids is 1. The second-order valence-corrected chi connectivity index (χ2v) is 6.43. The number of esters is 1. The maximum absolute atomic E-state index is 12.0. The molecule has 0 N–H and O–H groups in total. The summed E-state index contributed by atoms with van der Waals surface area (Å²) < 4.78 is 34.6. The van der Waals surface area contributed by atoms with Gasteiger partial charge in [-0.1, -0.05) is 0 Å². The van der Waals surface area contributed by atoms with Gasteiger partial charge >= 0.3 is 5.97 Å². The van der Waals surface area contributed by atoms with Gasteiger partial charge in [0.25, 0.3) is 0 Å². The third-order valence-corrected chi connectivity index (χ3v) is 3.83. The van der Waals surface area contributed by atoms with Crippen LogP contribution in [0.15, 0.2) is 35.4 Å². The molecule has 1 aromatic carbocycles. The summed E-state index contributed by atoms with van der Waals surface area (Å²) in [5, 5.41) is 3.81.